The molecule has 0 aliphatic heterocycles. The third kappa shape index (κ3) is 5.90. The maximum atomic E-state index is 12.4. The highest BCUT2D eigenvalue weighted by Crippen LogP contribution is 2.32. The fraction of sp³-hybridized carbons (Fsp3) is 0.364. The number of sulfone groups is 1. The van der Waals surface area contributed by atoms with Gasteiger partial charge in [-0.25, -0.2) is 13.2 Å². The molecule has 2 aromatic carbocycles. The molecule has 29 heavy (non-hydrogen) atoms. The normalized spacial score (nSPS) is 11.6. The lowest BCUT2D eigenvalue weighted by molar-refractivity contribution is -0.119. The summed E-state index contributed by atoms with van der Waals surface area (Å²) in [4.78, 5) is 24.7. The first-order chi connectivity index (χ1) is 13.5. The van der Waals surface area contributed by atoms with Gasteiger partial charge in [-0.1, -0.05) is 45.9 Å². The van der Waals surface area contributed by atoms with Crippen molar-refractivity contribution in [2.45, 2.75) is 44.4 Å². The Morgan fingerprint density at radius 3 is 1.90 bits per heavy atom. The van der Waals surface area contributed by atoms with Crippen LogP contribution >= 0.6 is 0 Å². The topological polar surface area (TPSA) is 89.5 Å². The van der Waals surface area contributed by atoms with Gasteiger partial charge in [0.05, 0.1) is 10.5 Å². The Morgan fingerprint density at radius 1 is 0.931 bits per heavy atom. The van der Waals surface area contributed by atoms with Crippen molar-refractivity contribution in [3.63, 3.8) is 0 Å². The number of hydrogen-bond acceptors (Lipinski definition) is 5. The molecule has 0 bridgehead atoms. The lowest BCUT2D eigenvalue weighted by Gasteiger charge is -2.20. The average molecular weight is 418 g/mol. The van der Waals surface area contributed by atoms with Crippen LogP contribution in [0.1, 0.15) is 61.0 Å². The number of hydrogen-bond donors (Lipinski definition) is 1. The maximum absolute atomic E-state index is 12.4. The van der Waals surface area contributed by atoms with E-state index in [1.807, 2.05) is 18.2 Å². The number of esters is 1. The number of carbonyl (C=O) groups is 2. The van der Waals surface area contributed by atoms with Crippen molar-refractivity contribution in [1.82, 2.24) is 0 Å². The molecule has 7 heteroatoms. The third-order valence-electron chi connectivity index (χ3n) is 4.49. The smallest absolute Gasteiger partial charge is 0.338 e. The molecule has 0 unspecified atom stereocenters. The minimum atomic E-state index is -3.34. The number of para-hydroxylation sites is 1. The Labute approximate surface area is 172 Å². The zero-order valence-corrected chi connectivity index (χ0v) is 18.2. The molecule has 0 aliphatic rings. The first-order valence-electron chi connectivity index (χ1n) is 9.40. The second-order valence-electron chi connectivity index (χ2n) is 7.54. The van der Waals surface area contributed by atoms with Gasteiger partial charge in [0.1, 0.15) is 0 Å². The molecule has 1 amide bonds. The molecular formula is C22H27NO5S. The van der Waals surface area contributed by atoms with Gasteiger partial charge in [0, 0.05) is 11.9 Å². The largest absolute Gasteiger partial charge is 0.452 e. The molecule has 2 aromatic rings. The average Bonchev–Trinajstić information content (AvgIpc) is 2.65. The molecule has 2 rings (SSSR count). The van der Waals surface area contributed by atoms with E-state index in [0.29, 0.717) is 0 Å². The summed E-state index contributed by atoms with van der Waals surface area (Å²) in [6.45, 7) is 7.77. The van der Waals surface area contributed by atoms with Crippen molar-refractivity contribution in [2.75, 3.05) is 18.2 Å². The highest BCUT2D eigenvalue weighted by atomic mass is 32.2. The number of anilines is 1. The summed E-state index contributed by atoms with van der Waals surface area (Å²) in [6.07, 6.45) is 1.09. The molecule has 0 spiro atoms. The lowest BCUT2D eigenvalue weighted by Crippen LogP contribution is -2.22. The van der Waals surface area contributed by atoms with E-state index in [0.717, 1.165) is 23.1 Å². The van der Waals surface area contributed by atoms with Crippen LogP contribution in [0.3, 0.4) is 0 Å². The van der Waals surface area contributed by atoms with E-state index >= 15 is 0 Å². The van der Waals surface area contributed by atoms with Crippen molar-refractivity contribution in [3.8, 4) is 0 Å². The molecule has 0 fully saturated rings. The van der Waals surface area contributed by atoms with Gasteiger partial charge in [-0.2, -0.15) is 0 Å². The van der Waals surface area contributed by atoms with E-state index in [1.54, 1.807) is 0 Å². The van der Waals surface area contributed by atoms with Gasteiger partial charge < -0.3 is 10.1 Å². The highest BCUT2D eigenvalue weighted by molar-refractivity contribution is 7.90. The number of carbonyl (C=O) groups excluding carboxylic acids is 2. The van der Waals surface area contributed by atoms with Crippen LogP contribution in [-0.4, -0.2) is 33.2 Å². The fourth-order valence-electron chi connectivity index (χ4n) is 2.92. The van der Waals surface area contributed by atoms with Crippen LogP contribution in [0.25, 0.3) is 0 Å². The lowest BCUT2D eigenvalue weighted by atomic mass is 9.92. The van der Waals surface area contributed by atoms with E-state index in [-0.39, 0.29) is 22.3 Å². The van der Waals surface area contributed by atoms with Crippen molar-refractivity contribution < 1.29 is 22.7 Å². The van der Waals surface area contributed by atoms with E-state index in [9.17, 15) is 18.0 Å². The molecule has 0 aliphatic carbocycles. The molecular weight excluding hydrogens is 390 g/mol. The third-order valence-corrected chi connectivity index (χ3v) is 5.62. The van der Waals surface area contributed by atoms with Gasteiger partial charge in [0.15, 0.2) is 16.4 Å². The Morgan fingerprint density at radius 2 is 1.45 bits per heavy atom. The Balaban J connectivity index is 2.08. The van der Waals surface area contributed by atoms with Gasteiger partial charge in [-0.05, 0) is 47.2 Å². The molecule has 0 saturated carbocycles. The van der Waals surface area contributed by atoms with Crippen molar-refractivity contribution in [2.24, 2.45) is 0 Å². The quantitative estimate of drug-likeness (QED) is 0.684. The van der Waals surface area contributed by atoms with Crippen LogP contribution < -0.4 is 5.32 Å². The monoisotopic (exact) mass is 417 g/mol. The van der Waals surface area contributed by atoms with E-state index in [2.05, 4.69) is 33.0 Å². The first-order valence-corrected chi connectivity index (χ1v) is 11.3. The SMILES string of the molecule is CC(C)c1cccc(C(C)C)c1NC(=O)COC(=O)c1ccc(S(C)(=O)=O)cc1. The molecule has 156 valence electrons. The van der Waals surface area contributed by atoms with Crippen molar-refractivity contribution in [1.29, 1.82) is 0 Å². The van der Waals surface area contributed by atoms with Crippen LogP contribution in [0.2, 0.25) is 0 Å². The van der Waals surface area contributed by atoms with Crippen molar-refractivity contribution in [3.05, 3.63) is 59.2 Å². The second kappa shape index (κ2) is 9.22. The molecule has 6 nitrogen and oxygen atoms in total. The molecule has 0 saturated heterocycles. The number of rotatable bonds is 7. The van der Waals surface area contributed by atoms with Gasteiger partial charge >= 0.3 is 5.97 Å². The number of amides is 1. The summed E-state index contributed by atoms with van der Waals surface area (Å²) in [5, 5.41) is 2.88. The predicted molar refractivity (Wildman–Crippen MR) is 113 cm³/mol. The van der Waals surface area contributed by atoms with Crippen LogP contribution in [0.5, 0.6) is 0 Å². The number of benzene rings is 2. The summed E-state index contributed by atoms with van der Waals surface area (Å²) >= 11 is 0. The maximum Gasteiger partial charge on any atom is 0.338 e. The molecule has 0 atom stereocenters. The standard InChI is InChI=1S/C22H27NO5S/c1-14(2)18-7-6-8-19(15(3)4)21(18)23-20(24)13-28-22(25)16-9-11-17(12-10-16)29(5,26)27/h6-12,14-15H,13H2,1-5H3,(H,23,24). The van der Waals surface area contributed by atoms with Gasteiger partial charge in [-0.3, -0.25) is 4.79 Å². The minimum absolute atomic E-state index is 0.110. The molecule has 0 heterocycles. The van der Waals surface area contributed by atoms with Crippen LogP contribution in [0.15, 0.2) is 47.4 Å². The van der Waals surface area contributed by atoms with Gasteiger partial charge in [0.2, 0.25) is 0 Å². The second-order valence-corrected chi connectivity index (χ2v) is 9.56. The van der Waals surface area contributed by atoms with Crippen molar-refractivity contribution >= 4 is 27.4 Å². The van der Waals surface area contributed by atoms with E-state index in [1.165, 1.54) is 24.3 Å². The summed E-state index contributed by atoms with van der Waals surface area (Å²) < 4.78 is 28.1. The zero-order valence-electron chi connectivity index (χ0n) is 17.4. The Bertz CT molecular complexity index is 966. The molecule has 0 aromatic heterocycles. The molecule has 0 radical (unpaired) electrons. The van der Waals surface area contributed by atoms with Gasteiger partial charge in [-0.15, -0.1) is 0 Å². The minimum Gasteiger partial charge on any atom is -0.452 e. The summed E-state index contributed by atoms with van der Waals surface area (Å²) in [5.41, 5.74) is 2.98. The summed E-state index contributed by atoms with van der Waals surface area (Å²) in [5.74, 6) is -0.678. The van der Waals surface area contributed by atoms with Gasteiger partial charge in [0.25, 0.3) is 5.91 Å². The van der Waals surface area contributed by atoms with Crippen LogP contribution in [0, 0.1) is 0 Å². The summed E-state index contributed by atoms with van der Waals surface area (Å²) in [6, 6.07) is 11.3. The number of ether oxygens (including phenoxy) is 1. The number of nitrogens with one attached hydrogen (secondary N) is 1. The highest BCUT2D eigenvalue weighted by Gasteiger charge is 2.17. The van der Waals surface area contributed by atoms with E-state index in [4.69, 9.17) is 4.74 Å². The molecule has 1 N–H and O–H groups in total. The zero-order chi connectivity index (χ0) is 21.8. The first kappa shape index (κ1) is 22.6. The van der Waals surface area contributed by atoms with Crippen LogP contribution in [0.4, 0.5) is 5.69 Å². The fourth-order valence-corrected chi connectivity index (χ4v) is 3.55. The Kier molecular flexibility index (Phi) is 7.19. The predicted octanol–water partition coefficient (Wildman–Crippen LogP) is 4.13. The van der Waals surface area contributed by atoms with E-state index < -0.39 is 28.3 Å². The Hall–Kier alpha value is -2.67. The summed E-state index contributed by atoms with van der Waals surface area (Å²) in [7, 11) is -3.34. The van der Waals surface area contributed by atoms with Crippen LogP contribution in [-0.2, 0) is 19.4 Å².